The van der Waals surface area contributed by atoms with Crippen LogP contribution < -0.4 is 14.2 Å². The van der Waals surface area contributed by atoms with Gasteiger partial charge in [0.25, 0.3) is 0 Å². The molecule has 6 aromatic carbocycles. The predicted octanol–water partition coefficient (Wildman–Crippen LogP) is 10.6. The molecule has 0 aliphatic heterocycles. The molecular formula is C47H38O6S2. The molecule has 8 aromatic rings. The Morgan fingerprint density at radius 3 is 1.05 bits per heavy atom. The van der Waals surface area contributed by atoms with Crippen molar-refractivity contribution in [1.29, 1.82) is 0 Å². The second-order valence-electron chi connectivity index (χ2n) is 13.2. The van der Waals surface area contributed by atoms with Gasteiger partial charge in [-0.2, -0.15) is 0 Å². The minimum Gasteiger partial charge on any atom is -0.508 e. The summed E-state index contributed by atoms with van der Waals surface area (Å²) in [4.78, 5) is 2.03. The molecule has 274 valence electrons. The number of benzene rings is 6. The van der Waals surface area contributed by atoms with Crippen LogP contribution in [-0.4, -0.2) is 36.6 Å². The van der Waals surface area contributed by atoms with E-state index in [0.717, 1.165) is 41.4 Å². The molecule has 0 spiro atoms. The van der Waals surface area contributed by atoms with Crippen molar-refractivity contribution >= 4 is 32.1 Å². The molecule has 8 heteroatoms. The molecule has 0 fully saturated rings. The number of phenolic OH excluding ortho intramolecular Hbond substituents is 1. The first-order valence-electron chi connectivity index (χ1n) is 17.7. The number of aliphatic hydroxyl groups is 2. The maximum atomic E-state index is 12.9. The van der Waals surface area contributed by atoms with E-state index in [1.54, 1.807) is 68.3 Å². The Kier molecular flexibility index (Phi) is 9.67. The zero-order valence-electron chi connectivity index (χ0n) is 30.4. The largest absolute Gasteiger partial charge is 0.508 e. The second-order valence-corrected chi connectivity index (χ2v) is 15.4. The highest BCUT2D eigenvalue weighted by Crippen LogP contribution is 2.49. The zero-order chi connectivity index (χ0) is 38.2. The van der Waals surface area contributed by atoms with Gasteiger partial charge >= 0.3 is 0 Å². The number of hydrogen-bond acceptors (Lipinski definition) is 8. The van der Waals surface area contributed by atoms with E-state index in [0.29, 0.717) is 39.5 Å². The summed E-state index contributed by atoms with van der Waals surface area (Å²) in [5.74, 6) is 2.22. The molecule has 1 unspecified atom stereocenters. The quantitative estimate of drug-likeness (QED) is 0.114. The number of hydrogen-bond donors (Lipinski definition) is 3. The van der Waals surface area contributed by atoms with Gasteiger partial charge in [0, 0.05) is 30.3 Å². The van der Waals surface area contributed by atoms with Gasteiger partial charge in [-0.05, 0) is 94.0 Å². The van der Waals surface area contributed by atoms with Crippen LogP contribution in [-0.2, 0) is 11.2 Å². The number of aromatic hydroxyl groups is 1. The van der Waals surface area contributed by atoms with Crippen LogP contribution in [0, 0.1) is 0 Å². The Labute approximate surface area is 327 Å². The van der Waals surface area contributed by atoms with E-state index < -0.39 is 11.2 Å². The van der Waals surface area contributed by atoms with Gasteiger partial charge in [-0.1, -0.05) is 97.1 Å². The summed E-state index contributed by atoms with van der Waals surface area (Å²) in [5.41, 5.74) is 2.99. The molecule has 0 bridgehead atoms. The SMILES string of the molecule is COc1ccc(C(O)(c2ccc(O)cc2)c2ccccc2-c2cc3sc(-c4ccccc4C(O)(c4ccc(OC)cc4)c4ccc(OC)cc4)cc3s2)cc1. The van der Waals surface area contributed by atoms with Crippen molar-refractivity contribution in [2.24, 2.45) is 0 Å². The van der Waals surface area contributed by atoms with Gasteiger partial charge in [0.05, 0.1) is 21.3 Å². The van der Waals surface area contributed by atoms with E-state index >= 15 is 0 Å². The van der Waals surface area contributed by atoms with Crippen LogP contribution in [0.3, 0.4) is 0 Å². The topological polar surface area (TPSA) is 88.4 Å². The number of ether oxygens (including phenoxy) is 3. The summed E-state index contributed by atoms with van der Waals surface area (Å²) < 4.78 is 18.5. The number of rotatable bonds is 11. The van der Waals surface area contributed by atoms with Crippen LogP contribution >= 0.6 is 22.7 Å². The second kappa shape index (κ2) is 14.7. The molecule has 8 rings (SSSR count). The Bertz CT molecular complexity index is 2490. The number of fused-ring (bicyclic) bond motifs is 1. The van der Waals surface area contributed by atoms with E-state index in [4.69, 9.17) is 14.2 Å². The highest BCUT2D eigenvalue weighted by atomic mass is 32.1. The van der Waals surface area contributed by atoms with Crippen molar-refractivity contribution in [1.82, 2.24) is 0 Å². The summed E-state index contributed by atoms with van der Waals surface area (Å²) in [6, 6.07) is 49.5. The van der Waals surface area contributed by atoms with Crippen LogP contribution in [0.1, 0.15) is 33.4 Å². The van der Waals surface area contributed by atoms with Gasteiger partial charge in [0.15, 0.2) is 0 Å². The Hall–Kier alpha value is -5.90. The van der Waals surface area contributed by atoms with E-state index in [2.05, 4.69) is 18.2 Å². The maximum absolute atomic E-state index is 12.9. The highest BCUT2D eigenvalue weighted by molar-refractivity contribution is 7.31. The standard InChI is InChI=1S/C47H38O6S2/c1-51-35-22-14-31(15-23-35)46(49,30-12-20-34(48)21-13-30)40-10-6-4-8-38(40)42-28-44-45(54-42)29-43(55-44)39-9-5-7-11-41(39)47(50,32-16-24-36(52-2)25-17-32)33-18-26-37(53-3)27-19-33/h4-29,48-50H,1-3H3. The van der Waals surface area contributed by atoms with Crippen LogP contribution in [0.4, 0.5) is 0 Å². The lowest BCUT2D eigenvalue weighted by Gasteiger charge is -2.32. The molecule has 2 aromatic heterocycles. The molecule has 55 heavy (non-hydrogen) atoms. The third kappa shape index (κ3) is 6.43. The predicted molar refractivity (Wildman–Crippen MR) is 222 cm³/mol. The lowest BCUT2D eigenvalue weighted by molar-refractivity contribution is 0.126. The molecule has 6 nitrogen and oxygen atoms in total. The molecule has 0 saturated heterocycles. The summed E-state index contributed by atoms with van der Waals surface area (Å²) >= 11 is 3.32. The van der Waals surface area contributed by atoms with Crippen LogP contribution in [0.5, 0.6) is 23.0 Å². The van der Waals surface area contributed by atoms with E-state index in [-0.39, 0.29) is 5.75 Å². The molecule has 0 aliphatic rings. The number of phenols is 1. The normalized spacial score (nSPS) is 12.7. The Balaban J connectivity index is 1.23. The minimum atomic E-state index is -1.54. The van der Waals surface area contributed by atoms with Crippen molar-refractivity contribution in [3.05, 3.63) is 191 Å². The van der Waals surface area contributed by atoms with Gasteiger partial charge in [-0.25, -0.2) is 0 Å². The fourth-order valence-electron chi connectivity index (χ4n) is 7.28. The smallest absolute Gasteiger partial charge is 0.141 e. The van der Waals surface area contributed by atoms with Gasteiger partial charge in [0.2, 0.25) is 0 Å². The van der Waals surface area contributed by atoms with Gasteiger partial charge < -0.3 is 29.5 Å². The van der Waals surface area contributed by atoms with E-state index in [9.17, 15) is 15.3 Å². The zero-order valence-corrected chi connectivity index (χ0v) is 32.0. The lowest BCUT2D eigenvalue weighted by atomic mass is 9.78. The fourth-order valence-corrected chi connectivity index (χ4v) is 9.76. The van der Waals surface area contributed by atoms with Gasteiger partial charge in [-0.3, -0.25) is 0 Å². The van der Waals surface area contributed by atoms with Crippen molar-refractivity contribution < 1.29 is 29.5 Å². The fraction of sp³-hybridized carbons (Fsp3) is 0.106. The number of thiophene rings is 2. The molecule has 3 N–H and O–H groups in total. The molecular weight excluding hydrogens is 725 g/mol. The van der Waals surface area contributed by atoms with Crippen molar-refractivity contribution in [2.75, 3.05) is 21.3 Å². The first-order chi connectivity index (χ1) is 26.8. The molecule has 0 amide bonds. The van der Waals surface area contributed by atoms with Gasteiger partial charge in [0.1, 0.15) is 34.2 Å². The Morgan fingerprint density at radius 1 is 0.418 bits per heavy atom. The third-order valence-electron chi connectivity index (χ3n) is 10.2. The Morgan fingerprint density at radius 2 is 0.727 bits per heavy atom. The van der Waals surface area contributed by atoms with Crippen molar-refractivity contribution in [2.45, 2.75) is 11.2 Å². The average Bonchev–Trinajstić information content (AvgIpc) is 3.84. The number of methoxy groups -OCH3 is 3. The molecule has 0 aliphatic carbocycles. The summed E-state index contributed by atoms with van der Waals surface area (Å²) in [5, 5.41) is 35.9. The molecule has 0 saturated carbocycles. The van der Waals surface area contributed by atoms with Crippen molar-refractivity contribution in [3.63, 3.8) is 0 Å². The first kappa shape index (κ1) is 36.1. The monoisotopic (exact) mass is 762 g/mol. The summed E-state index contributed by atoms with van der Waals surface area (Å²) in [6.07, 6.45) is 0. The van der Waals surface area contributed by atoms with Crippen molar-refractivity contribution in [3.8, 4) is 43.9 Å². The highest BCUT2D eigenvalue weighted by Gasteiger charge is 2.38. The van der Waals surface area contributed by atoms with Gasteiger partial charge in [-0.15, -0.1) is 22.7 Å². The van der Waals surface area contributed by atoms with Crippen LogP contribution in [0.2, 0.25) is 0 Å². The molecule has 1 atom stereocenters. The summed E-state index contributed by atoms with van der Waals surface area (Å²) in [7, 11) is 4.87. The van der Waals surface area contributed by atoms with E-state index in [1.165, 1.54) is 0 Å². The van der Waals surface area contributed by atoms with Crippen LogP contribution in [0.25, 0.3) is 30.3 Å². The third-order valence-corrected chi connectivity index (χ3v) is 12.5. The first-order valence-corrected chi connectivity index (χ1v) is 19.3. The van der Waals surface area contributed by atoms with E-state index in [1.807, 2.05) is 115 Å². The average molecular weight is 763 g/mol. The van der Waals surface area contributed by atoms with Crippen LogP contribution in [0.15, 0.2) is 158 Å². The summed E-state index contributed by atoms with van der Waals surface area (Å²) in [6.45, 7) is 0. The molecule has 0 radical (unpaired) electrons. The maximum Gasteiger partial charge on any atom is 0.141 e. The molecule has 2 heterocycles. The minimum absolute atomic E-state index is 0.122. The lowest BCUT2D eigenvalue weighted by Crippen LogP contribution is -2.29.